The van der Waals surface area contributed by atoms with Crippen LogP contribution in [0.2, 0.25) is 0 Å². The molecule has 0 amide bonds. The summed E-state index contributed by atoms with van der Waals surface area (Å²) in [6, 6.07) is 10.5. The second-order valence-electron chi connectivity index (χ2n) is 3.55. The molecule has 1 atom stereocenters. The average Bonchev–Trinajstić information content (AvgIpc) is 2.55. The van der Waals surface area contributed by atoms with Crippen LogP contribution in [-0.2, 0) is 10.3 Å². The van der Waals surface area contributed by atoms with E-state index >= 15 is 0 Å². The van der Waals surface area contributed by atoms with Gasteiger partial charge in [0, 0.05) is 6.61 Å². The first kappa shape index (κ1) is 7.81. The highest BCUT2D eigenvalue weighted by molar-refractivity contribution is 5.22. The fraction of sp³-hybridized carbons (Fsp3) is 0.455. The molecule has 1 aromatic carbocycles. The summed E-state index contributed by atoms with van der Waals surface area (Å²) in [5.41, 5.74) is 1.30. The molecule has 12 heavy (non-hydrogen) atoms. The van der Waals surface area contributed by atoms with Crippen LogP contribution in [0.4, 0.5) is 0 Å². The first-order valence-corrected chi connectivity index (χ1v) is 4.51. The van der Waals surface area contributed by atoms with Crippen LogP contribution in [0.3, 0.4) is 0 Å². The SMILES string of the molecule is C[C@]1(c2ccccc2)CCCO1. The van der Waals surface area contributed by atoms with Crippen LogP contribution >= 0.6 is 0 Å². The Hall–Kier alpha value is -0.820. The molecule has 1 fully saturated rings. The summed E-state index contributed by atoms with van der Waals surface area (Å²) in [6.07, 6.45) is 2.34. The lowest BCUT2D eigenvalue weighted by molar-refractivity contribution is 0.0168. The van der Waals surface area contributed by atoms with Gasteiger partial charge in [0.2, 0.25) is 0 Å². The van der Waals surface area contributed by atoms with Gasteiger partial charge in [-0.1, -0.05) is 30.3 Å². The Balaban J connectivity index is 2.29. The minimum atomic E-state index is -0.0126. The third kappa shape index (κ3) is 1.25. The largest absolute Gasteiger partial charge is 0.371 e. The Morgan fingerprint density at radius 2 is 2.00 bits per heavy atom. The normalized spacial score (nSPS) is 29.1. The van der Waals surface area contributed by atoms with E-state index in [9.17, 15) is 0 Å². The van der Waals surface area contributed by atoms with Crippen LogP contribution in [0.25, 0.3) is 0 Å². The van der Waals surface area contributed by atoms with E-state index in [2.05, 4.69) is 31.2 Å². The minimum absolute atomic E-state index is 0.0126. The van der Waals surface area contributed by atoms with Crippen LogP contribution in [0.1, 0.15) is 25.3 Å². The highest BCUT2D eigenvalue weighted by Gasteiger charge is 2.31. The molecule has 64 valence electrons. The van der Waals surface area contributed by atoms with Gasteiger partial charge in [0.15, 0.2) is 0 Å². The Morgan fingerprint density at radius 3 is 2.58 bits per heavy atom. The third-order valence-corrected chi connectivity index (χ3v) is 2.60. The molecule has 1 heterocycles. The van der Waals surface area contributed by atoms with Crippen molar-refractivity contribution in [1.29, 1.82) is 0 Å². The fourth-order valence-electron chi connectivity index (χ4n) is 1.80. The molecule has 1 nitrogen and oxygen atoms in total. The molecular weight excluding hydrogens is 148 g/mol. The molecule has 1 aromatic rings. The maximum Gasteiger partial charge on any atom is 0.0904 e. The van der Waals surface area contributed by atoms with Gasteiger partial charge in [-0.3, -0.25) is 0 Å². The summed E-state index contributed by atoms with van der Waals surface area (Å²) < 4.78 is 5.73. The third-order valence-electron chi connectivity index (χ3n) is 2.60. The first-order valence-electron chi connectivity index (χ1n) is 4.51. The van der Waals surface area contributed by atoms with E-state index in [1.165, 1.54) is 12.0 Å². The summed E-state index contributed by atoms with van der Waals surface area (Å²) in [4.78, 5) is 0. The predicted molar refractivity (Wildman–Crippen MR) is 49.0 cm³/mol. The Morgan fingerprint density at radius 1 is 1.25 bits per heavy atom. The quantitative estimate of drug-likeness (QED) is 0.617. The summed E-state index contributed by atoms with van der Waals surface area (Å²) in [6.45, 7) is 3.08. The van der Waals surface area contributed by atoms with E-state index in [1.807, 2.05) is 6.07 Å². The first-order chi connectivity index (χ1) is 5.81. The zero-order valence-electron chi connectivity index (χ0n) is 7.42. The summed E-state index contributed by atoms with van der Waals surface area (Å²) in [5.74, 6) is 0. The van der Waals surface area contributed by atoms with Crippen molar-refractivity contribution in [3.05, 3.63) is 35.9 Å². The van der Waals surface area contributed by atoms with Gasteiger partial charge in [-0.05, 0) is 25.3 Å². The van der Waals surface area contributed by atoms with Crippen molar-refractivity contribution >= 4 is 0 Å². The number of benzene rings is 1. The minimum Gasteiger partial charge on any atom is -0.371 e. The van der Waals surface area contributed by atoms with E-state index in [-0.39, 0.29) is 5.60 Å². The molecule has 0 spiro atoms. The number of hydrogen-bond donors (Lipinski definition) is 0. The zero-order valence-corrected chi connectivity index (χ0v) is 7.42. The Labute approximate surface area is 73.4 Å². The average molecular weight is 162 g/mol. The monoisotopic (exact) mass is 162 g/mol. The van der Waals surface area contributed by atoms with Crippen LogP contribution in [-0.4, -0.2) is 6.61 Å². The van der Waals surface area contributed by atoms with Gasteiger partial charge in [0.25, 0.3) is 0 Å². The van der Waals surface area contributed by atoms with Crippen molar-refractivity contribution in [3.8, 4) is 0 Å². The lowest BCUT2D eigenvalue weighted by atomic mass is 9.93. The van der Waals surface area contributed by atoms with Crippen LogP contribution < -0.4 is 0 Å². The molecule has 0 aliphatic carbocycles. The standard InChI is InChI=1S/C11H14O/c1-11(8-5-9-12-11)10-6-3-2-4-7-10/h2-4,6-7H,5,8-9H2,1H3/t11-/m1/s1. The van der Waals surface area contributed by atoms with Crippen LogP contribution in [0, 0.1) is 0 Å². The van der Waals surface area contributed by atoms with Crippen molar-refractivity contribution < 1.29 is 4.74 Å². The molecule has 1 heteroatoms. The zero-order chi connectivity index (χ0) is 8.44. The summed E-state index contributed by atoms with van der Waals surface area (Å²) >= 11 is 0. The van der Waals surface area contributed by atoms with E-state index in [4.69, 9.17) is 4.74 Å². The highest BCUT2D eigenvalue weighted by atomic mass is 16.5. The van der Waals surface area contributed by atoms with E-state index in [0.717, 1.165) is 13.0 Å². The lowest BCUT2D eigenvalue weighted by Gasteiger charge is -2.23. The maximum atomic E-state index is 5.73. The van der Waals surface area contributed by atoms with Gasteiger partial charge in [-0.15, -0.1) is 0 Å². The van der Waals surface area contributed by atoms with Crippen LogP contribution in [0.15, 0.2) is 30.3 Å². The molecular formula is C11H14O. The van der Waals surface area contributed by atoms with Gasteiger partial charge in [0.1, 0.15) is 0 Å². The van der Waals surface area contributed by atoms with Gasteiger partial charge >= 0.3 is 0 Å². The number of ether oxygens (including phenoxy) is 1. The fourth-order valence-corrected chi connectivity index (χ4v) is 1.80. The molecule has 0 radical (unpaired) electrons. The van der Waals surface area contributed by atoms with E-state index in [0.29, 0.717) is 0 Å². The molecule has 1 aliphatic heterocycles. The van der Waals surface area contributed by atoms with Crippen LogP contribution in [0.5, 0.6) is 0 Å². The Kier molecular flexibility index (Phi) is 1.89. The van der Waals surface area contributed by atoms with E-state index in [1.54, 1.807) is 0 Å². The molecule has 2 rings (SSSR count). The Bertz CT molecular complexity index is 247. The van der Waals surface area contributed by atoms with Crippen molar-refractivity contribution in [3.63, 3.8) is 0 Å². The molecule has 0 bridgehead atoms. The maximum absolute atomic E-state index is 5.73. The molecule has 0 N–H and O–H groups in total. The summed E-state index contributed by atoms with van der Waals surface area (Å²) in [7, 11) is 0. The van der Waals surface area contributed by atoms with Gasteiger partial charge < -0.3 is 4.74 Å². The number of hydrogen-bond acceptors (Lipinski definition) is 1. The molecule has 1 aliphatic rings. The molecule has 1 saturated heterocycles. The molecule has 0 saturated carbocycles. The van der Waals surface area contributed by atoms with Crippen molar-refractivity contribution in [2.75, 3.05) is 6.61 Å². The van der Waals surface area contributed by atoms with Crippen molar-refractivity contribution in [2.24, 2.45) is 0 Å². The van der Waals surface area contributed by atoms with Gasteiger partial charge in [-0.2, -0.15) is 0 Å². The number of rotatable bonds is 1. The molecule has 0 aromatic heterocycles. The van der Waals surface area contributed by atoms with E-state index < -0.39 is 0 Å². The molecule has 0 unspecified atom stereocenters. The van der Waals surface area contributed by atoms with Gasteiger partial charge in [0.05, 0.1) is 5.60 Å². The lowest BCUT2D eigenvalue weighted by Crippen LogP contribution is -2.19. The topological polar surface area (TPSA) is 9.23 Å². The second kappa shape index (κ2) is 2.91. The highest BCUT2D eigenvalue weighted by Crippen LogP contribution is 2.34. The summed E-state index contributed by atoms with van der Waals surface area (Å²) in [5, 5.41) is 0. The van der Waals surface area contributed by atoms with Crippen molar-refractivity contribution in [2.45, 2.75) is 25.4 Å². The predicted octanol–water partition coefficient (Wildman–Crippen LogP) is 2.71. The van der Waals surface area contributed by atoms with Crippen molar-refractivity contribution in [1.82, 2.24) is 0 Å². The smallest absolute Gasteiger partial charge is 0.0904 e. The second-order valence-corrected chi connectivity index (χ2v) is 3.55. The van der Waals surface area contributed by atoms with Gasteiger partial charge in [-0.25, -0.2) is 0 Å².